The van der Waals surface area contributed by atoms with E-state index in [0.29, 0.717) is 17.1 Å². The maximum absolute atomic E-state index is 12.5. The van der Waals surface area contributed by atoms with Gasteiger partial charge in [0.1, 0.15) is 12.3 Å². The van der Waals surface area contributed by atoms with E-state index in [9.17, 15) is 9.59 Å². The van der Waals surface area contributed by atoms with Crippen molar-refractivity contribution in [1.82, 2.24) is 0 Å². The topological polar surface area (TPSA) is 61.9 Å². The zero-order valence-electron chi connectivity index (χ0n) is 17.1. The lowest BCUT2D eigenvalue weighted by atomic mass is 9.86. The summed E-state index contributed by atoms with van der Waals surface area (Å²) in [6, 6.07) is 13.3. The molecule has 1 heterocycles. The van der Waals surface area contributed by atoms with Gasteiger partial charge in [-0.25, -0.2) is 0 Å². The summed E-state index contributed by atoms with van der Waals surface area (Å²) in [6.45, 7) is 6.24. The molecule has 0 saturated heterocycles. The molecular formula is C22H27N3O3. The quantitative estimate of drug-likeness (QED) is 0.882. The molecule has 3 rings (SSSR count). The molecule has 28 heavy (non-hydrogen) atoms. The average molecular weight is 381 g/mol. The van der Waals surface area contributed by atoms with Crippen LogP contribution < -0.4 is 19.9 Å². The van der Waals surface area contributed by atoms with Crippen molar-refractivity contribution in [2.75, 3.05) is 42.4 Å². The molecule has 0 radical (unpaired) electrons. The second-order valence-corrected chi connectivity index (χ2v) is 8.19. The average Bonchev–Trinajstić information content (AvgIpc) is 2.63. The fraction of sp³-hybridized carbons (Fsp3) is 0.364. The number of anilines is 3. The lowest BCUT2D eigenvalue weighted by molar-refractivity contribution is -0.123. The van der Waals surface area contributed by atoms with Gasteiger partial charge >= 0.3 is 0 Å². The Morgan fingerprint density at radius 2 is 1.82 bits per heavy atom. The molecular weight excluding hydrogens is 354 g/mol. The molecule has 0 aliphatic carbocycles. The number of rotatable bonds is 4. The van der Waals surface area contributed by atoms with Crippen LogP contribution in [0.25, 0.3) is 0 Å². The third-order valence-electron chi connectivity index (χ3n) is 4.74. The lowest BCUT2D eigenvalue weighted by Gasteiger charge is -2.30. The van der Waals surface area contributed by atoms with Gasteiger partial charge in [-0.15, -0.1) is 0 Å². The number of carbonyl (C=O) groups is 2. The van der Waals surface area contributed by atoms with Gasteiger partial charge in [-0.1, -0.05) is 26.8 Å². The normalized spacial score (nSPS) is 13.6. The van der Waals surface area contributed by atoms with Gasteiger partial charge in [-0.2, -0.15) is 0 Å². The third kappa shape index (κ3) is 4.27. The minimum Gasteiger partial charge on any atom is -0.482 e. The van der Waals surface area contributed by atoms with E-state index in [1.165, 1.54) is 4.90 Å². The van der Waals surface area contributed by atoms with Crippen molar-refractivity contribution in [1.29, 1.82) is 0 Å². The van der Waals surface area contributed by atoms with Crippen LogP contribution in [0.3, 0.4) is 0 Å². The van der Waals surface area contributed by atoms with Gasteiger partial charge in [0.2, 0.25) is 5.91 Å². The molecule has 0 spiro atoms. The van der Waals surface area contributed by atoms with Gasteiger partial charge in [0, 0.05) is 25.5 Å². The van der Waals surface area contributed by atoms with Crippen LogP contribution in [0, 0.1) is 0 Å². The number of fused-ring (bicyclic) bond motifs is 1. The molecule has 1 N–H and O–H groups in total. The van der Waals surface area contributed by atoms with E-state index in [0.717, 1.165) is 11.3 Å². The molecule has 0 atom stereocenters. The van der Waals surface area contributed by atoms with Gasteiger partial charge in [-0.3, -0.25) is 14.5 Å². The number of nitrogens with zero attached hydrogens (tertiary/aromatic N) is 2. The van der Waals surface area contributed by atoms with E-state index in [-0.39, 0.29) is 30.4 Å². The van der Waals surface area contributed by atoms with E-state index >= 15 is 0 Å². The van der Waals surface area contributed by atoms with Crippen LogP contribution in [-0.2, 0) is 15.0 Å². The summed E-state index contributed by atoms with van der Waals surface area (Å²) in [6.07, 6.45) is 0. The lowest BCUT2D eigenvalue weighted by Crippen LogP contribution is -2.43. The fourth-order valence-corrected chi connectivity index (χ4v) is 3.03. The Morgan fingerprint density at radius 3 is 2.43 bits per heavy atom. The van der Waals surface area contributed by atoms with Gasteiger partial charge in [0.05, 0.1) is 5.69 Å². The van der Waals surface area contributed by atoms with Crippen LogP contribution in [0.5, 0.6) is 5.75 Å². The Kier molecular flexibility index (Phi) is 5.31. The van der Waals surface area contributed by atoms with E-state index in [1.807, 2.05) is 61.5 Å². The molecule has 0 unspecified atom stereocenters. The number of nitrogens with one attached hydrogen (secondary N) is 1. The first-order valence-corrected chi connectivity index (χ1v) is 9.30. The molecule has 2 aromatic rings. The second kappa shape index (κ2) is 7.54. The Hall–Kier alpha value is -3.02. The molecule has 148 valence electrons. The highest BCUT2D eigenvalue weighted by atomic mass is 16.5. The maximum Gasteiger partial charge on any atom is 0.265 e. The summed E-state index contributed by atoms with van der Waals surface area (Å²) >= 11 is 0. The van der Waals surface area contributed by atoms with E-state index in [2.05, 4.69) is 26.1 Å². The highest BCUT2D eigenvalue weighted by Crippen LogP contribution is 2.36. The van der Waals surface area contributed by atoms with Crippen molar-refractivity contribution < 1.29 is 14.3 Å². The van der Waals surface area contributed by atoms with Crippen molar-refractivity contribution >= 4 is 28.9 Å². The van der Waals surface area contributed by atoms with Crippen LogP contribution in [0.1, 0.15) is 26.3 Å². The first-order valence-electron chi connectivity index (χ1n) is 9.30. The molecule has 0 saturated carbocycles. The van der Waals surface area contributed by atoms with Crippen LogP contribution in [0.2, 0.25) is 0 Å². The van der Waals surface area contributed by atoms with Crippen molar-refractivity contribution in [3.63, 3.8) is 0 Å². The summed E-state index contributed by atoms with van der Waals surface area (Å²) in [5, 5.41) is 2.85. The summed E-state index contributed by atoms with van der Waals surface area (Å²) in [4.78, 5) is 28.4. The van der Waals surface area contributed by atoms with Gasteiger partial charge in [-0.05, 0) is 47.4 Å². The summed E-state index contributed by atoms with van der Waals surface area (Å²) in [5.74, 6) is 0.156. The van der Waals surface area contributed by atoms with Crippen molar-refractivity contribution in [3.8, 4) is 5.75 Å². The van der Waals surface area contributed by atoms with E-state index in [4.69, 9.17) is 4.74 Å². The van der Waals surface area contributed by atoms with Crippen LogP contribution in [-0.4, -0.2) is 39.1 Å². The first-order chi connectivity index (χ1) is 13.1. The smallest absolute Gasteiger partial charge is 0.265 e. The maximum atomic E-state index is 12.5. The molecule has 6 heteroatoms. The second-order valence-electron chi connectivity index (χ2n) is 8.19. The van der Waals surface area contributed by atoms with Gasteiger partial charge in [0.15, 0.2) is 6.61 Å². The zero-order valence-corrected chi connectivity index (χ0v) is 17.1. The highest BCUT2D eigenvalue weighted by molar-refractivity contribution is 6.05. The largest absolute Gasteiger partial charge is 0.482 e. The molecule has 0 bridgehead atoms. The molecule has 0 fully saturated rings. The molecule has 2 aromatic carbocycles. The highest BCUT2D eigenvalue weighted by Gasteiger charge is 2.28. The number of amides is 2. The van der Waals surface area contributed by atoms with Crippen molar-refractivity contribution in [2.24, 2.45) is 0 Å². The molecule has 1 aliphatic heterocycles. The van der Waals surface area contributed by atoms with Crippen LogP contribution >= 0.6 is 0 Å². The van der Waals surface area contributed by atoms with Gasteiger partial charge in [0.25, 0.3) is 5.91 Å². The number of ether oxygens (including phenoxy) is 1. The third-order valence-corrected chi connectivity index (χ3v) is 4.74. The molecule has 2 amide bonds. The minimum atomic E-state index is -0.251. The van der Waals surface area contributed by atoms with E-state index < -0.39 is 0 Å². The standard InChI is InChI=1S/C22H27N3O3/c1-22(2,3)15-6-11-18-19(12-15)28-14-21(27)25(18)13-20(26)23-16-7-9-17(10-8-16)24(4)5/h6-12H,13-14H2,1-5H3,(H,23,26). The van der Waals surface area contributed by atoms with E-state index in [1.54, 1.807) is 0 Å². The molecule has 0 aromatic heterocycles. The molecule has 1 aliphatic rings. The van der Waals surface area contributed by atoms with Gasteiger partial charge < -0.3 is 15.0 Å². The fourth-order valence-electron chi connectivity index (χ4n) is 3.03. The predicted molar refractivity (Wildman–Crippen MR) is 112 cm³/mol. The monoisotopic (exact) mass is 381 g/mol. The first kappa shape index (κ1) is 19.7. The molecule has 6 nitrogen and oxygen atoms in total. The Morgan fingerprint density at radius 1 is 1.14 bits per heavy atom. The Labute approximate surface area is 166 Å². The summed E-state index contributed by atoms with van der Waals surface area (Å²) < 4.78 is 5.61. The van der Waals surface area contributed by atoms with Crippen molar-refractivity contribution in [2.45, 2.75) is 26.2 Å². The SMILES string of the molecule is CN(C)c1ccc(NC(=O)CN2C(=O)COc3cc(C(C)(C)C)ccc32)cc1. The number of carbonyl (C=O) groups excluding carboxylic acids is 2. The number of benzene rings is 2. The number of hydrogen-bond acceptors (Lipinski definition) is 4. The predicted octanol–water partition coefficient (Wildman–Crippen LogP) is 3.41. The Bertz CT molecular complexity index is 883. The zero-order chi connectivity index (χ0) is 20.5. The van der Waals surface area contributed by atoms with Crippen molar-refractivity contribution in [3.05, 3.63) is 48.0 Å². The van der Waals surface area contributed by atoms with Crippen LogP contribution in [0.15, 0.2) is 42.5 Å². The Balaban J connectivity index is 1.75. The summed E-state index contributed by atoms with van der Waals surface area (Å²) in [7, 11) is 3.92. The minimum absolute atomic E-state index is 0.0270. The number of hydrogen-bond donors (Lipinski definition) is 1. The van der Waals surface area contributed by atoms with Crippen LogP contribution in [0.4, 0.5) is 17.1 Å². The summed E-state index contributed by atoms with van der Waals surface area (Å²) in [5.41, 5.74) is 3.46.